The van der Waals surface area contributed by atoms with E-state index in [2.05, 4.69) is 21.0 Å². The van der Waals surface area contributed by atoms with Crippen LogP contribution in [0.1, 0.15) is 6.42 Å². The van der Waals surface area contributed by atoms with Gasteiger partial charge in [0.2, 0.25) is 11.7 Å². The largest absolute Gasteiger partial charge is 0.364 e. The maximum Gasteiger partial charge on any atom is 0.311 e. The summed E-state index contributed by atoms with van der Waals surface area (Å²) in [5.74, 6) is 5.36. The number of nitrogens with one attached hydrogen (secondary N) is 3. The minimum Gasteiger partial charge on any atom is -0.364 e. The molecule has 0 unspecified atom stereocenters. The number of hydrogen-bond acceptors (Lipinski definition) is 7. The van der Waals surface area contributed by atoms with E-state index in [1.807, 2.05) is 0 Å². The molecule has 0 aliphatic heterocycles. The zero-order valence-electron chi connectivity index (χ0n) is 9.77. The Balaban J connectivity index is 2.78. The summed E-state index contributed by atoms with van der Waals surface area (Å²) in [6.45, 7) is 0.238. The van der Waals surface area contributed by atoms with Gasteiger partial charge in [0.25, 0.3) is 0 Å². The summed E-state index contributed by atoms with van der Waals surface area (Å²) in [4.78, 5) is 25.1. The zero-order chi connectivity index (χ0) is 13.5. The number of rotatable bonds is 6. The molecule has 0 aliphatic carbocycles. The number of pyridine rings is 1. The van der Waals surface area contributed by atoms with Crippen molar-refractivity contribution in [2.24, 2.45) is 5.84 Å². The molecule has 1 aromatic heterocycles. The molecule has 9 nitrogen and oxygen atoms in total. The summed E-state index contributed by atoms with van der Waals surface area (Å²) in [6, 6.07) is 2.67. The molecular formula is C9H14N6O3. The first-order chi connectivity index (χ1) is 8.58. The number of nitro groups is 1. The minimum atomic E-state index is -0.560. The Labute approximate surface area is 103 Å². The number of carbonyl (C=O) groups is 1. The SMILES string of the molecule is CNC(=O)CCNc1nc(NN)ccc1[N+](=O)[O-]. The fourth-order valence-corrected chi connectivity index (χ4v) is 1.23. The van der Waals surface area contributed by atoms with E-state index in [1.54, 1.807) is 0 Å². The van der Waals surface area contributed by atoms with Gasteiger partial charge in [-0.25, -0.2) is 10.8 Å². The third-order valence-electron chi connectivity index (χ3n) is 2.14. The van der Waals surface area contributed by atoms with E-state index in [-0.39, 0.29) is 30.4 Å². The molecule has 1 rings (SSSR count). The van der Waals surface area contributed by atoms with Crippen molar-refractivity contribution in [1.29, 1.82) is 0 Å². The molecule has 0 radical (unpaired) electrons. The number of anilines is 2. The van der Waals surface area contributed by atoms with E-state index >= 15 is 0 Å². The first kappa shape index (κ1) is 13.6. The molecule has 0 aliphatic rings. The second-order valence-electron chi connectivity index (χ2n) is 3.32. The summed E-state index contributed by atoms with van der Waals surface area (Å²) in [5.41, 5.74) is 2.12. The second kappa shape index (κ2) is 6.35. The number of nitrogens with zero attached hydrogens (tertiary/aromatic N) is 2. The molecule has 0 spiro atoms. The lowest BCUT2D eigenvalue weighted by molar-refractivity contribution is -0.384. The van der Waals surface area contributed by atoms with Crippen molar-refractivity contribution < 1.29 is 9.72 Å². The number of hydrogen-bond donors (Lipinski definition) is 4. The molecule has 5 N–H and O–H groups in total. The van der Waals surface area contributed by atoms with Gasteiger partial charge in [-0.05, 0) is 6.07 Å². The lowest BCUT2D eigenvalue weighted by atomic mass is 10.3. The van der Waals surface area contributed by atoms with Crippen LogP contribution in [0.4, 0.5) is 17.3 Å². The fraction of sp³-hybridized carbons (Fsp3) is 0.333. The van der Waals surface area contributed by atoms with Crippen LogP contribution < -0.4 is 21.9 Å². The van der Waals surface area contributed by atoms with Crippen LogP contribution in [0, 0.1) is 10.1 Å². The van der Waals surface area contributed by atoms with E-state index < -0.39 is 4.92 Å². The van der Waals surface area contributed by atoms with Crippen LogP contribution in [0.15, 0.2) is 12.1 Å². The van der Waals surface area contributed by atoms with Gasteiger partial charge in [0.15, 0.2) is 0 Å². The summed E-state index contributed by atoms with van der Waals surface area (Å²) in [6.07, 6.45) is 0.190. The molecule has 0 saturated heterocycles. The van der Waals surface area contributed by atoms with E-state index in [9.17, 15) is 14.9 Å². The zero-order valence-corrected chi connectivity index (χ0v) is 9.77. The Hall–Kier alpha value is -2.42. The molecule has 0 atom stereocenters. The predicted molar refractivity (Wildman–Crippen MR) is 65.9 cm³/mol. The topological polar surface area (TPSA) is 135 Å². The highest BCUT2D eigenvalue weighted by atomic mass is 16.6. The normalized spacial score (nSPS) is 9.67. The third-order valence-corrected chi connectivity index (χ3v) is 2.14. The van der Waals surface area contributed by atoms with Crippen molar-refractivity contribution >= 4 is 23.2 Å². The summed E-state index contributed by atoms with van der Waals surface area (Å²) >= 11 is 0. The smallest absolute Gasteiger partial charge is 0.311 e. The predicted octanol–water partition coefficient (Wildman–Crippen LogP) is -0.177. The molecule has 18 heavy (non-hydrogen) atoms. The number of nitrogens with two attached hydrogens (primary N) is 1. The van der Waals surface area contributed by atoms with E-state index in [4.69, 9.17) is 5.84 Å². The van der Waals surface area contributed by atoms with Crippen molar-refractivity contribution in [3.05, 3.63) is 22.2 Å². The number of nitrogen functional groups attached to an aromatic ring is 1. The van der Waals surface area contributed by atoms with Crippen LogP contribution in [0.2, 0.25) is 0 Å². The van der Waals surface area contributed by atoms with Crippen LogP contribution >= 0.6 is 0 Å². The molecule has 0 aromatic carbocycles. The highest BCUT2D eigenvalue weighted by Crippen LogP contribution is 2.23. The first-order valence-corrected chi connectivity index (χ1v) is 5.15. The van der Waals surface area contributed by atoms with Crippen LogP contribution in [0.25, 0.3) is 0 Å². The van der Waals surface area contributed by atoms with Gasteiger partial charge in [-0.3, -0.25) is 14.9 Å². The van der Waals surface area contributed by atoms with Crippen molar-refractivity contribution in [1.82, 2.24) is 10.3 Å². The number of aromatic nitrogens is 1. The van der Waals surface area contributed by atoms with E-state index in [0.29, 0.717) is 5.82 Å². The number of carbonyl (C=O) groups excluding carboxylic acids is 1. The maximum absolute atomic E-state index is 11.0. The third kappa shape index (κ3) is 3.56. The molecule has 98 valence electrons. The van der Waals surface area contributed by atoms with Gasteiger partial charge in [0, 0.05) is 26.1 Å². The Morgan fingerprint density at radius 3 is 2.83 bits per heavy atom. The van der Waals surface area contributed by atoms with Crippen molar-refractivity contribution in [2.75, 3.05) is 24.3 Å². The molecule has 0 saturated carbocycles. The van der Waals surface area contributed by atoms with E-state index in [1.165, 1.54) is 19.2 Å². The van der Waals surface area contributed by atoms with Crippen LogP contribution in [0.3, 0.4) is 0 Å². The fourth-order valence-electron chi connectivity index (χ4n) is 1.23. The average Bonchev–Trinajstić information content (AvgIpc) is 2.37. The van der Waals surface area contributed by atoms with Gasteiger partial charge in [-0.15, -0.1) is 0 Å². The standard InChI is InChI=1S/C9H14N6O3/c1-11-8(16)4-5-12-9-6(15(17)18)2-3-7(13-9)14-10/h2-3H,4-5,10H2,1H3,(H,11,16)(H2,12,13,14). The van der Waals surface area contributed by atoms with Crippen LogP contribution in [-0.4, -0.2) is 29.4 Å². The molecule has 0 bridgehead atoms. The molecule has 1 aromatic rings. The summed E-state index contributed by atoms with van der Waals surface area (Å²) in [7, 11) is 1.52. The number of hydrazine groups is 1. The second-order valence-corrected chi connectivity index (χ2v) is 3.32. The maximum atomic E-state index is 11.0. The Kier molecular flexibility index (Phi) is 4.81. The van der Waals surface area contributed by atoms with Crippen molar-refractivity contribution in [3.63, 3.8) is 0 Å². The van der Waals surface area contributed by atoms with Crippen LogP contribution in [-0.2, 0) is 4.79 Å². The monoisotopic (exact) mass is 254 g/mol. The van der Waals surface area contributed by atoms with Gasteiger partial charge >= 0.3 is 5.69 Å². The van der Waals surface area contributed by atoms with Crippen LogP contribution in [0.5, 0.6) is 0 Å². The minimum absolute atomic E-state index is 0.0688. The Morgan fingerprint density at radius 1 is 1.56 bits per heavy atom. The van der Waals surface area contributed by atoms with Gasteiger partial charge < -0.3 is 16.1 Å². The highest BCUT2D eigenvalue weighted by Gasteiger charge is 2.15. The lowest BCUT2D eigenvalue weighted by Gasteiger charge is -2.07. The van der Waals surface area contributed by atoms with Crippen molar-refractivity contribution in [2.45, 2.75) is 6.42 Å². The first-order valence-electron chi connectivity index (χ1n) is 5.15. The molecular weight excluding hydrogens is 240 g/mol. The van der Waals surface area contributed by atoms with Gasteiger partial charge in [0.1, 0.15) is 5.82 Å². The van der Waals surface area contributed by atoms with Crippen molar-refractivity contribution in [3.8, 4) is 0 Å². The molecule has 0 fully saturated rings. The molecule has 1 heterocycles. The Morgan fingerprint density at radius 2 is 2.28 bits per heavy atom. The molecule has 1 amide bonds. The van der Waals surface area contributed by atoms with Gasteiger partial charge in [0.05, 0.1) is 4.92 Å². The van der Waals surface area contributed by atoms with Gasteiger partial charge in [-0.1, -0.05) is 0 Å². The average molecular weight is 254 g/mol. The summed E-state index contributed by atoms with van der Waals surface area (Å²) in [5, 5.41) is 15.9. The quantitative estimate of drug-likeness (QED) is 0.314. The molecule has 9 heteroatoms. The number of amides is 1. The lowest BCUT2D eigenvalue weighted by Crippen LogP contribution is -2.21. The summed E-state index contributed by atoms with van der Waals surface area (Å²) < 4.78 is 0. The van der Waals surface area contributed by atoms with Gasteiger partial charge in [-0.2, -0.15) is 0 Å². The van der Waals surface area contributed by atoms with E-state index in [0.717, 1.165) is 0 Å². The Bertz CT molecular complexity index is 450. The highest BCUT2D eigenvalue weighted by molar-refractivity contribution is 5.76.